The van der Waals surface area contributed by atoms with Crippen LogP contribution in [0.2, 0.25) is 0 Å². The van der Waals surface area contributed by atoms with Crippen molar-refractivity contribution >= 4 is 28.3 Å². The average molecular weight is 485 g/mol. The zero-order valence-corrected chi connectivity index (χ0v) is 20.4. The summed E-state index contributed by atoms with van der Waals surface area (Å²) in [4.78, 5) is 25.3. The van der Waals surface area contributed by atoms with Gasteiger partial charge in [0, 0.05) is 5.56 Å². The van der Waals surface area contributed by atoms with Gasteiger partial charge in [-0.25, -0.2) is 0 Å². The number of benzene rings is 4. The van der Waals surface area contributed by atoms with E-state index in [0.717, 1.165) is 16.3 Å². The molecule has 2 N–H and O–H groups in total. The minimum absolute atomic E-state index is 0.192. The van der Waals surface area contributed by atoms with E-state index in [9.17, 15) is 9.59 Å². The van der Waals surface area contributed by atoms with E-state index in [0.29, 0.717) is 28.5 Å². The summed E-state index contributed by atoms with van der Waals surface area (Å²) in [7, 11) is 3.02. The number of rotatable bonds is 9. The molecule has 0 heterocycles. The second-order valence-corrected chi connectivity index (χ2v) is 8.20. The van der Waals surface area contributed by atoms with Crippen LogP contribution in [-0.4, -0.2) is 32.6 Å². The summed E-state index contributed by atoms with van der Waals surface area (Å²) < 4.78 is 16.3. The molecule has 0 aromatic heterocycles. The van der Waals surface area contributed by atoms with Crippen LogP contribution in [-0.2, 0) is 4.79 Å². The van der Waals surface area contributed by atoms with E-state index in [1.807, 2.05) is 43.3 Å². The average Bonchev–Trinajstić information content (AvgIpc) is 2.91. The van der Waals surface area contributed by atoms with Gasteiger partial charge in [-0.2, -0.15) is 0 Å². The number of fused-ring (bicyclic) bond motifs is 1. The summed E-state index contributed by atoms with van der Waals surface area (Å²) in [5, 5.41) is 8.05. The van der Waals surface area contributed by atoms with E-state index in [2.05, 4.69) is 22.8 Å². The quantitative estimate of drug-likeness (QED) is 0.334. The number of para-hydroxylation sites is 2. The second-order valence-electron chi connectivity index (χ2n) is 8.20. The van der Waals surface area contributed by atoms with Crippen molar-refractivity contribution in [2.45, 2.75) is 13.0 Å². The first kappa shape index (κ1) is 24.6. The van der Waals surface area contributed by atoms with E-state index < -0.39 is 0 Å². The van der Waals surface area contributed by atoms with Crippen LogP contribution in [0.1, 0.15) is 28.9 Å². The Morgan fingerprint density at radius 3 is 2.28 bits per heavy atom. The van der Waals surface area contributed by atoms with Crippen molar-refractivity contribution in [2.75, 3.05) is 26.1 Å². The smallest absolute Gasteiger partial charge is 0.262 e. The second kappa shape index (κ2) is 11.3. The van der Waals surface area contributed by atoms with Crippen molar-refractivity contribution in [3.63, 3.8) is 0 Å². The Morgan fingerprint density at radius 2 is 1.50 bits per heavy atom. The molecule has 0 spiro atoms. The Morgan fingerprint density at radius 1 is 0.778 bits per heavy atom. The van der Waals surface area contributed by atoms with Crippen LogP contribution in [0, 0.1) is 0 Å². The fourth-order valence-corrected chi connectivity index (χ4v) is 3.85. The molecule has 1 atom stereocenters. The molecule has 0 fully saturated rings. The minimum atomic E-state index is -0.354. The monoisotopic (exact) mass is 484 g/mol. The molecule has 7 heteroatoms. The molecule has 0 aliphatic carbocycles. The van der Waals surface area contributed by atoms with Crippen molar-refractivity contribution in [3.8, 4) is 17.2 Å². The zero-order chi connectivity index (χ0) is 25.5. The van der Waals surface area contributed by atoms with Gasteiger partial charge in [0.2, 0.25) is 0 Å². The molecule has 36 heavy (non-hydrogen) atoms. The SMILES string of the molecule is COc1ccccc1NC(=O)COc1ccc(C(=O)N[C@@H](C)c2ccc3ccccc3c2)cc1OC. The maximum absolute atomic E-state index is 12.9. The fourth-order valence-electron chi connectivity index (χ4n) is 3.85. The highest BCUT2D eigenvalue weighted by molar-refractivity contribution is 5.95. The van der Waals surface area contributed by atoms with Gasteiger partial charge in [-0.15, -0.1) is 0 Å². The number of amides is 2. The first-order valence-electron chi connectivity index (χ1n) is 11.5. The summed E-state index contributed by atoms with van der Waals surface area (Å²) in [6.07, 6.45) is 0. The van der Waals surface area contributed by atoms with Crippen molar-refractivity contribution in [2.24, 2.45) is 0 Å². The van der Waals surface area contributed by atoms with E-state index in [1.165, 1.54) is 14.2 Å². The predicted octanol–water partition coefficient (Wildman–Crippen LogP) is 5.37. The largest absolute Gasteiger partial charge is 0.495 e. The Bertz CT molecular complexity index is 1390. The number of anilines is 1. The van der Waals surface area contributed by atoms with Crippen LogP contribution >= 0.6 is 0 Å². The van der Waals surface area contributed by atoms with Gasteiger partial charge in [-0.05, 0) is 59.7 Å². The van der Waals surface area contributed by atoms with Gasteiger partial charge in [0.15, 0.2) is 18.1 Å². The van der Waals surface area contributed by atoms with Crippen LogP contribution in [0.25, 0.3) is 10.8 Å². The molecular formula is C29H28N2O5. The number of carbonyl (C=O) groups excluding carboxylic acids is 2. The normalized spacial score (nSPS) is 11.4. The Labute approximate surface area is 210 Å². The maximum atomic E-state index is 12.9. The zero-order valence-electron chi connectivity index (χ0n) is 20.4. The van der Waals surface area contributed by atoms with Crippen LogP contribution in [0.4, 0.5) is 5.69 Å². The summed E-state index contributed by atoms with van der Waals surface area (Å²) >= 11 is 0. The van der Waals surface area contributed by atoms with Gasteiger partial charge in [-0.3, -0.25) is 9.59 Å². The van der Waals surface area contributed by atoms with Crippen LogP contribution in [0.3, 0.4) is 0 Å². The Hall–Kier alpha value is -4.52. The Balaban J connectivity index is 1.39. The van der Waals surface area contributed by atoms with Gasteiger partial charge in [-0.1, -0.05) is 48.5 Å². The minimum Gasteiger partial charge on any atom is -0.495 e. The molecule has 0 aliphatic heterocycles. The van der Waals surface area contributed by atoms with Crippen molar-refractivity contribution in [1.82, 2.24) is 5.32 Å². The first-order chi connectivity index (χ1) is 17.5. The van der Waals surface area contributed by atoms with Crippen molar-refractivity contribution in [1.29, 1.82) is 0 Å². The summed E-state index contributed by atoms with van der Waals surface area (Å²) in [6, 6.07) is 26.0. The lowest BCUT2D eigenvalue weighted by Gasteiger charge is -2.16. The maximum Gasteiger partial charge on any atom is 0.262 e. The first-order valence-corrected chi connectivity index (χ1v) is 11.5. The number of hydrogen-bond donors (Lipinski definition) is 2. The molecule has 0 bridgehead atoms. The van der Waals surface area contributed by atoms with Crippen LogP contribution in [0.5, 0.6) is 17.2 Å². The van der Waals surface area contributed by atoms with Crippen LogP contribution in [0.15, 0.2) is 84.9 Å². The number of ether oxygens (including phenoxy) is 3. The number of hydrogen-bond acceptors (Lipinski definition) is 5. The van der Waals surface area contributed by atoms with Gasteiger partial charge in [0.25, 0.3) is 11.8 Å². The van der Waals surface area contributed by atoms with E-state index in [-0.39, 0.29) is 24.5 Å². The molecule has 4 aromatic rings. The third-order valence-corrected chi connectivity index (χ3v) is 5.79. The van der Waals surface area contributed by atoms with Crippen molar-refractivity contribution in [3.05, 3.63) is 96.1 Å². The lowest BCUT2D eigenvalue weighted by atomic mass is 10.0. The molecule has 0 aliphatic rings. The Kier molecular flexibility index (Phi) is 7.70. The molecule has 7 nitrogen and oxygen atoms in total. The molecule has 0 unspecified atom stereocenters. The highest BCUT2D eigenvalue weighted by Crippen LogP contribution is 2.29. The third-order valence-electron chi connectivity index (χ3n) is 5.79. The number of carbonyl (C=O) groups is 2. The summed E-state index contributed by atoms with van der Waals surface area (Å²) in [6.45, 7) is 1.70. The highest BCUT2D eigenvalue weighted by Gasteiger charge is 2.16. The summed E-state index contributed by atoms with van der Waals surface area (Å²) in [5.74, 6) is 0.664. The van der Waals surface area contributed by atoms with Gasteiger partial charge < -0.3 is 24.8 Å². The topological polar surface area (TPSA) is 85.9 Å². The molecule has 0 saturated carbocycles. The number of methoxy groups -OCH3 is 2. The third kappa shape index (κ3) is 5.75. The highest BCUT2D eigenvalue weighted by atomic mass is 16.5. The van der Waals surface area contributed by atoms with Crippen LogP contribution < -0.4 is 24.8 Å². The lowest BCUT2D eigenvalue weighted by molar-refractivity contribution is -0.118. The van der Waals surface area contributed by atoms with Gasteiger partial charge >= 0.3 is 0 Å². The molecule has 0 saturated heterocycles. The molecule has 4 aromatic carbocycles. The predicted molar refractivity (Wildman–Crippen MR) is 140 cm³/mol. The summed E-state index contributed by atoms with van der Waals surface area (Å²) in [5.41, 5.74) is 1.98. The van der Waals surface area contributed by atoms with E-state index in [4.69, 9.17) is 14.2 Å². The standard InChI is InChI=1S/C29H28N2O5/c1-19(21-13-12-20-8-4-5-9-22(20)16-21)30-29(33)23-14-15-26(27(17-23)35-3)36-18-28(32)31-24-10-6-7-11-25(24)34-2/h4-17,19H,18H2,1-3H3,(H,30,33)(H,31,32)/t19-/m0/s1. The van der Waals surface area contributed by atoms with Crippen molar-refractivity contribution < 1.29 is 23.8 Å². The van der Waals surface area contributed by atoms with E-state index in [1.54, 1.807) is 36.4 Å². The van der Waals surface area contributed by atoms with E-state index >= 15 is 0 Å². The molecule has 0 radical (unpaired) electrons. The fraction of sp³-hybridized carbons (Fsp3) is 0.172. The molecule has 2 amide bonds. The van der Waals surface area contributed by atoms with Gasteiger partial charge in [0.1, 0.15) is 5.75 Å². The lowest BCUT2D eigenvalue weighted by Crippen LogP contribution is -2.26. The molecule has 184 valence electrons. The molecule has 4 rings (SSSR count). The van der Waals surface area contributed by atoms with Gasteiger partial charge in [0.05, 0.1) is 25.9 Å². The number of nitrogens with one attached hydrogen (secondary N) is 2. The molecular weight excluding hydrogens is 456 g/mol.